The highest BCUT2D eigenvalue weighted by molar-refractivity contribution is 5.25. The summed E-state index contributed by atoms with van der Waals surface area (Å²) >= 11 is 0. The Morgan fingerprint density at radius 1 is 0.571 bits per heavy atom. The van der Waals surface area contributed by atoms with E-state index in [4.69, 9.17) is 0 Å². The van der Waals surface area contributed by atoms with Crippen molar-refractivity contribution in [3.8, 4) is 0 Å². The SMILES string of the molecule is [Cl-].c1ccc(Cc2ccccc2)cc1. The van der Waals surface area contributed by atoms with Crippen molar-refractivity contribution in [2.75, 3.05) is 0 Å². The summed E-state index contributed by atoms with van der Waals surface area (Å²) in [4.78, 5) is 0. The minimum Gasteiger partial charge on any atom is -1.00 e. The van der Waals surface area contributed by atoms with Crippen molar-refractivity contribution in [1.29, 1.82) is 0 Å². The Labute approximate surface area is 91.0 Å². The fraction of sp³-hybridized carbons (Fsp3) is 0.0769. The van der Waals surface area contributed by atoms with Crippen LogP contribution in [-0.4, -0.2) is 0 Å². The molecule has 0 amide bonds. The Balaban J connectivity index is 0.000000980. The molecule has 1 heteroatoms. The van der Waals surface area contributed by atoms with Crippen LogP contribution in [0.4, 0.5) is 0 Å². The Bertz CT molecular complexity index is 316. The first-order valence-corrected chi connectivity index (χ1v) is 4.53. The number of hydrogen-bond donors (Lipinski definition) is 0. The maximum absolute atomic E-state index is 2.16. The van der Waals surface area contributed by atoms with E-state index in [2.05, 4.69) is 60.7 Å². The van der Waals surface area contributed by atoms with Gasteiger partial charge >= 0.3 is 0 Å². The van der Waals surface area contributed by atoms with E-state index in [1.165, 1.54) is 11.1 Å². The summed E-state index contributed by atoms with van der Waals surface area (Å²) in [6.45, 7) is 0. The van der Waals surface area contributed by atoms with E-state index in [-0.39, 0.29) is 12.4 Å². The predicted octanol–water partition coefficient (Wildman–Crippen LogP) is 0.281. The van der Waals surface area contributed by atoms with Gasteiger partial charge in [0, 0.05) is 0 Å². The third-order valence-electron chi connectivity index (χ3n) is 2.09. The van der Waals surface area contributed by atoms with Crippen LogP contribution < -0.4 is 12.4 Å². The lowest BCUT2D eigenvalue weighted by molar-refractivity contribution is -0.00000260. The predicted molar refractivity (Wildman–Crippen MR) is 55.7 cm³/mol. The van der Waals surface area contributed by atoms with Gasteiger partial charge in [-0.3, -0.25) is 0 Å². The minimum absolute atomic E-state index is 0. The Morgan fingerprint density at radius 2 is 0.929 bits per heavy atom. The molecule has 0 heterocycles. The maximum Gasteiger partial charge on any atom is -0.00258 e. The molecule has 0 aliphatic rings. The minimum atomic E-state index is 0. The van der Waals surface area contributed by atoms with Crippen LogP contribution in [0.1, 0.15) is 11.1 Å². The lowest BCUT2D eigenvalue weighted by Crippen LogP contribution is -3.00. The van der Waals surface area contributed by atoms with E-state index in [9.17, 15) is 0 Å². The van der Waals surface area contributed by atoms with Gasteiger partial charge in [-0.15, -0.1) is 0 Å². The normalized spacial score (nSPS) is 9.14. The van der Waals surface area contributed by atoms with Crippen LogP contribution >= 0.6 is 0 Å². The van der Waals surface area contributed by atoms with Crippen molar-refractivity contribution in [3.63, 3.8) is 0 Å². The zero-order valence-corrected chi connectivity index (χ0v) is 8.61. The highest BCUT2D eigenvalue weighted by Gasteiger charge is 1.92. The van der Waals surface area contributed by atoms with E-state index >= 15 is 0 Å². The summed E-state index contributed by atoms with van der Waals surface area (Å²) in [5.74, 6) is 0. The van der Waals surface area contributed by atoms with Crippen molar-refractivity contribution < 1.29 is 12.4 Å². The second-order valence-electron chi connectivity index (χ2n) is 3.15. The van der Waals surface area contributed by atoms with E-state index in [0.717, 1.165) is 6.42 Å². The first-order chi connectivity index (χ1) is 6.45. The monoisotopic (exact) mass is 203 g/mol. The van der Waals surface area contributed by atoms with E-state index in [1.54, 1.807) is 0 Å². The van der Waals surface area contributed by atoms with Crippen molar-refractivity contribution in [1.82, 2.24) is 0 Å². The Kier molecular flexibility index (Phi) is 4.21. The third kappa shape index (κ3) is 2.90. The summed E-state index contributed by atoms with van der Waals surface area (Å²) in [6, 6.07) is 21.1. The van der Waals surface area contributed by atoms with Crippen LogP contribution in [0.2, 0.25) is 0 Å². The van der Waals surface area contributed by atoms with Crippen molar-refractivity contribution in [2.45, 2.75) is 6.42 Å². The van der Waals surface area contributed by atoms with Gasteiger partial charge in [-0.25, -0.2) is 0 Å². The third-order valence-corrected chi connectivity index (χ3v) is 2.09. The van der Waals surface area contributed by atoms with Gasteiger partial charge in [0.25, 0.3) is 0 Å². The quantitative estimate of drug-likeness (QED) is 0.658. The second kappa shape index (κ2) is 5.46. The number of rotatable bonds is 2. The van der Waals surface area contributed by atoms with Gasteiger partial charge in [-0.05, 0) is 17.5 Å². The van der Waals surface area contributed by atoms with Crippen LogP contribution in [0.5, 0.6) is 0 Å². The molecule has 0 saturated carbocycles. The average Bonchev–Trinajstić information content (AvgIpc) is 2.21. The Morgan fingerprint density at radius 3 is 1.29 bits per heavy atom. The van der Waals surface area contributed by atoms with Crippen molar-refractivity contribution >= 4 is 0 Å². The molecule has 0 nitrogen and oxygen atoms in total. The lowest BCUT2D eigenvalue weighted by atomic mass is 10.1. The number of benzene rings is 2. The second-order valence-corrected chi connectivity index (χ2v) is 3.15. The molecule has 0 bridgehead atoms. The topological polar surface area (TPSA) is 0 Å². The fourth-order valence-electron chi connectivity index (χ4n) is 1.43. The molecule has 2 aromatic rings. The lowest BCUT2D eigenvalue weighted by Gasteiger charge is -2.00. The largest absolute Gasteiger partial charge is 1.00 e. The van der Waals surface area contributed by atoms with Crippen LogP contribution in [0, 0.1) is 0 Å². The Hall–Kier alpha value is -1.27. The van der Waals surface area contributed by atoms with Crippen LogP contribution in [0.3, 0.4) is 0 Å². The summed E-state index contributed by atoms with van der Waals surface area (Å²) in [7, 11) is 0. The van der Waals surface area contributed by atoms with Crippen LogP contribution in [0.15, 0.2) is 60.7 Å². The standard InChI is InChI=1S/C13H12.ClH/c1-3-7-12(8-4-1)11-13-9-5-2-6-10-13;/h1-10H,11H2;1H/p-1. The first kappa shape index (κ1) is 10.8. The zero-order chi connectivity index (χ0) is 8.93. The van der Waals surface area contributed by atoms with Gasteiger partial charge in [-0.2, -0.15) is 0 Å². The molecule has 2 aromatic carbocycles. The van der Waals surface area contributed by atoms with Gasteiger partial charge in [0.15, 0.2) is 0 Å². The molecule has 0 aromatic heterocycles. The molecule has 0 unspecified atom stereocenters. The van der Waals surface area contributed by atoms with Gasteiger partial charge < -0.3 is 12.4 Å². The fourth-order valence-corrected chi connectivity index (χ4v) is 1.43. The van der Waals surface area contributed by atoms with Crippen molar-refractivity contribution in [3.05, 3.63) is 71.8 Å². The van der Waals surface area contributed by atoms with Crippen molar-refractivity contribution in [2.24, 2.45) is 0 Å². The molecule has 0 aliphatic heterocycles. The molecule has 14 heavy (non-hydrogen) atoms. The van der Waals surface area contributed by atoms with Gasteiger partial charge in [-0.1, -0.05) is 60.7 Å². The number of hydrogen-bond acceptors (Lipinski definition) is 0. The summed E-state index contributed by atoms with van der Waals surface area (Å²) in [6.07, 6.45) is 1.03. The van der Waals surface area contributed by atoms with Crippen LogP contribution in [0.25, 0.3) is 0 Å². The van der Waals surface area contributed by atoms with Gasteiger partial charge in [0.2, 0.25) is 0 Å². The van der Waals surface area contributed by atoms with E-state index in [0.29, 0.717) is 0 Å². The molecule has 0 N–H and O–H groups in total. The average molecular weight is 204 g/mol. The molecule has 0 atom stereocenters. The molecule has 0 saturated heterocycles. The number of halogens is 1. The van der Waals surface area contributed by atoms with Crippen LogP contribution in [-0.2, 0) is 6.42 Å². The molecule has 0 fully saturated rings. The highest BCUT2D eigenvalue weighted by Crippen LogP contribution is 2.07. The van der Waals surface area contributed by atoms with Gasteiger partial charge in [0.05, 0.1) is 0 Å². The molecule has 0 spiro atoms. The molecule has 72 valence electrons. The summed E-state index contributed by atoms with van der Waals surface area (Å²) in [5.41, 5.74) is 2.74. The molecule has 0 radical (unpaired) electrons. The molecule has 2 rings (SSSR count). The molecular formula is C13H12Cl-. The first-order valence-electron chi connectivity index (χ1n) is 4.53. The smallest absolute Gasteiger partial charge is 0.00258 e. The molecule has 0 aliphatic carbocycles. The summed E-state index contributed by atoms with van der Waals surface area (Å²) < 4.78 is 0. The van der Waals surface area contributed by atoms with E-state index in [1.807, 2.05) is 0 Å². The van der Waals surface area contributed by atoms with Gasteiger partial charge in [0.1, 0.15) is 0 Å². The molecular weight excluding hydrogens is 192 g/mol. The highest BCUT2D eigenvalue weighted by atomic mass is 35.5. The zero-order valence-electron chi connectivity index (χ0n) is 7.86. The summed E-state index contributed by atoms with van der Waals surface area (Å²) in [5, 5.41) is 0. The maximum atomic E-state index is 2.16. The van der Waals surface area contributed by atoms with E-state index < -0.39 is 0 Å².